The first kappa shape index (κ1) is 16.2. The zero-order valence-electron chi connectivity index (χ0n) is 14.3. The van der Waals surface area contributed by atoms with Crippen LogP contribution in [0.3, 0.4) is 0 Å². The Balaban J connectivity index is 1.37. The Kier molecular flexibility index (Phi) is 4.66. The summed E-state index contributed by atoms with van der Waals surface area (Å²) in [5.41, 5.74) is 4.54. The van der Waals surface area contributed by atoms with Crippen LogP contribution in [0.1, 0.15) is 35.5 Å². The summed E-state index contributed by atoms with van der Waals surface area (Å²) in [4.78, 5) is 12.8. The summed E-state index contributed by atoms with van der Waals surface area (Å²) < 4.78 is 6.12. The molecule has 0 bridgehead atoms. The van der Waals surface area contributed by atoms with E-state index in [0.29, 0.717) is 12.0 Å². The van der Waals surface area contributed by atoms with Gasteiger partial charge >= 0.3 is 0 Å². The van der Waals surface area contributed by atoms with Crippen molar-refractivity contribution in [3.8, 4) is 0 Å². The van der Waals surface area contributed by atoms with Crippen LogP contribution < -0.4 is 0 Å². The first-order valence-electron chi connectivity index (χ1n) is 8.84. The molecule has 0 spiro atoms. The zero-order valence-corrected chi connectivity index (χ0v) is 15.1. The molecule has 128 valence electrons. The number of thiazole rings is 1. The van der Waals surface area contributed by atoms with E-state index in [1.54, 1.807) is 11.3 Å². The normalized spacial score (nSPS) is 26.8. The highest BCUT2D eigenvalue weighted by Crippen LogP contribution is 2.49. The Morgan fingerprint density at radius 3 is 3.12 bits per heavy atom. The number of likely N-dealkylation sites (tertiary alicyclic amines) is 1. The lowest BCUT2D eigenvalue weighted by Gasteiger charge is -2.28. The maximum absolute atomic E-state index is 6.12. The first-order valence-corrected chi connectivity index (χ1v) is 9.72. The van der Waals surface area contributed by atoms with Gasteiger partial charge in [-0.15, -0.1) is 11.3 Å². The molecule has 0 radical (unpaired) electrons. The van der Waals surface area contributed by atoms with Crippen molar-refractivity contribution in [2.24, 2.45) is 11.3 Å². The Bertz CT molecular complexity index is 674. The van der Waals surface area contributed by atoms with Gasteiger partial charge in [0.25, 0.3) is 0 Å². The smallest absolute Gasteiger partial charge is 0.0888 e. The summed E-state index contributed by atoms with van der Waals surface area (Å²) in [6.07, 6.45) is 5.85. The molecular weight excluding hydrogens is 318 g/mol. The molecule has 1 saturated heterocycles. The third-order valence-corrected chi connectivity index (χ3v) is 6.61. The van der Waals surface area contributed by atoms with Crippen molar-refractivity contribution < 1.29 is 4.74 Å². The third-order valence-electron chi connectivity index (χ3n) is 5.69. The molecule has 1 saturated carbocycles. The van der Waals surface area contributed by atoms with Crippen molar-refractivity contribution in [1.82, 2.24) is 14.9 Å². The average molecular weight is 343 g/mol. The van der Waals surface area contributed by atoms with E-state index in [0.717, 1.165) is 31.3 Å². The minimum Gasteiger partial charge on any atom is -0.375 e. The fourth-order valence-electron chi connectivity index (χ4n) is 4.41. The van der Waals surface area contributed by atoms with Gasteiger partial charge in [0, 0.05) is 36.1 Å². The molecular formula is C19H25N3OS. The Morgan fingerprint density at radius 2 is 2.33 bits per heavy atom. The molecule has 2 aliphatic rings. The number of fused-ring (bicyclic) bond motifs is 1. The molecule has 5 heteroatoms. The standard InChI is InChI=1S/C19H25N3OS/c1-15-18(24-14-21-15)10-22-9-16-5-4-7-19(16,12-22)13-23-11-17-6-2-3-8-20-17/h2-3,6,8,14,16H,4-5,7,9-13H2,1H3/t16-,19+/m1/s1. The van der Waals surface area contributed by atoms with Gasteiger partial charge in [0.2, 0.25) is 0 Å². The summed E-state index contributed by atoms with van der Waals surface area (Å²) >= 11 is 1.79. The molecule has 0 unspecified atom stereocenters. The van der Waals surface area contributed by atoms with Crippen molar-refractivity contribution in [2.45, 2.75) is 39.3 Å². The molecule has 0 amide bonds. The molecule has 2 aromatic heterocycles. The average Bonchev–Trinajstić information content (AvgIpc) is 3.24. The van der Waals surface area contributed by atoms with Crippen LogP contribution in [0.15, 0.2) is 29.9 Å². The van der Waals surface area contributed by atoms with Crippen LogP contribution in [0, 0.1) is 18.3 Å². The van der Waals surface area contributed by atoms with Crippen LogP contribution in [-0.2, 0) is 17.9 Å². The minimum absolute atomic E-state index is 0.355. The predicted molar refractivity (Wildman–Crippen MR) is 95.8 cm³/mol. The van der Waals surface area contributed by atoms with Gasteiger partial charge in [-0.3, -0.25) is 9.88 Å². The number of hydrogen-bond donors (Lipinski definition) is 0. The molecule has 4 nitrogen and oxygen atoms in total. The van der Waals surface area contributed by atoms with E-state index in [9.17, 15) is 0 Å². The monoisotopic (exact) mass is 343 g/mol. The van der Waals surface area contributed by atoms with E-state index in [2.05, 4.69) is 21.8 Å². The van der Waals surface area contributed by atoms with E-state index >= 15 is 0 Å². The molecule has 24 heavy (non-hydrogen) atoms. The number of hydrogen-bond acceptors (Lipinski definition) is 5. The lowest BCUT2D eigenvalue weighted by atomic mass is 9.81. The highest BCUT2D eigenvalue weighted by molar-refractivity contribution is 7.09. The molecule has 1 aliphatic carbocycles. The number of aryl methyl sites for hydroxylation is 1. The van der Waals surface area contributed by atoms with Gasteiger partial charge in [-0.25, -0.2) is 4.98 Å². The van der Waals surface area contributed by atoms with Crippen molar-refractivity contribution >= 4 is 11.3 Å². The van der Waals surface area contributed by atoms with Crippen LogP contribution in [0.5, 0.6) is 0 Å². The SMILES string of the molecule is Cc1ncsc1CN1C[C@H]2CCC[C@@]2(COCc2ccccn2)C1. The van der Waals surface area contributed by atoms with E-state index in [1.165, 1.54) is 36.4 Å². The second-order valence-electron chi connectivity index (χ2n) is 7.30. The van der Waals surface area contributed by atoms with Gasteiger partial charge in [-0.05, 0) is 37.8 Å². The van der Waals surface area contributed by atoms with Crippen molar-refractivity contribution in [3.05, 3.63) is 46.2 Å². The summed E-state index contributed by atoms with van der Waals surface area (Å²) in [7, 11) is 0. The second-order valence-corrected chi connectivity index (χ2v) is 8.24. The van der Waals surface area contributed by atoms with Gasteiger partial charge in [0.15, 0.2) is 0 Å². The van der Waals surface area contributed by atoms with Gasteiger partial charge in [-0.1, -0.05) is 12.5 Å². The maximum Gasteiger partial charge on any atom is 0.0888 e. The van der Waals surface area contributed by atoms with Gasteiger partial charge in [0.1, 0.15) is 0 Å². The Labute approximate surface area is 147 Å². The lowest BCUT2D eigenvalue weighted by Crippen LogP contribution is -2.32. The molecule has 0 aromatic carbocycles. The zero-order chi connectivity index (χ0) is 16.4. The number of aromatic nitrogens is 2. The number of pyridine rings is 1. The van der Waals surface area contributed by atoms with Gasteiger partial charge < -0.3 is 4.74 Å². The quantitative estimate of drug-likeness (QED) is 0.802. The van der Waals surface area contributed by atoms with E-state index in [1.807, 2.05) is 29.9 Å². The summed E-state index contributed by atoms with van der Waals surface area (Å²) in [6, 6.07) is 6.01. The predicted octanol–water partition coefficient (Wildman–Crippen LogP) is 3.67. The van der Waals surface area contributed by atoms with Crippen molar-refractivity contribution in [3.63, 3.8) is 0 Å². The van der Waals surface area contributed by atoms with E-state index < -0.39 is 0 Å². The molecule has 0 N–H and O–H groups in total. The summed E-state index contributed by atoms with van der Waals surface area (Å²) in [5.74, 6) is 0.787. The van der Waals surface area contributed by atoms with Crippen LogP contribution in [0.4, 0.5) is 0 Å². The van der Waals surface area contributed by atoms with Crippen LogP contribution >= 0.6 is 11.3 Å². The Morgan fingerprint density at radius 1 is 1.38 bits per heavy atom. The van der Waals surface area contributed by atoms with Crippen molar-refractivity contribution in [2.75, 3.05) is 19.7 Å². The minimum atomic E-state index is 0.355. The van der Waals surface area contributed by atoms with Crippen LogP contribution in [0.25, 0.3) is 0 Å². The number of ether oxygens (including phenoxy) is 1. The van der Waals surface area contributed by atoms with E-state index in [-0.39, 0.29) is 0 Å². The summed E-state index contributed by atoms with van der Waals surface area (Å²) in [5, 5.41) is 0. The number of rotatable bonds is 6. The fourth-order valence-corrected chi connectivity index (χ4v) is 5.22. The fraction of sp³-hybridized carbons (Fsp3) is 0.579. The van der Waals surface area contributed by atoms with Crippen LogP contribution in [0.2, 0.25) is 0 Å². The first-order chi connectivity index (χ1) is 11.8. The molecule has 1 aliphatic heterocycles. The topological polar surface area (TPSA) is 38.2 Å². The largest absolute Gasteiger partial charge is 0.375 e. The van der Waals surface area contributed by atoms with Crippen molar-refractivity contribution in [1.29, 1.82) is 0 Å². The van der Waals surface area contributed by atoms with Crippen LogP contribution in [-0.4, -0.2) is 34.6 Å². The molecule has 3 heterocycles. The Hall–Kier alpha value is -1.30. The number of nitrogens with zero attached hydrogens (tertiary/aromatic N) is 3. The molecule has 4 rings (SSSR count). The molecule has 2 aromatic rings. The lowest BCUT2D eigenvalue weighted by molar-refractivity contribution is 0.0253. The van der Waals surface area contributed by atoms with E-state index in [4.69, 9.17) is 4.74 Å². The third kappa shape index (κ3) is 3.25. The highest BCUT2D eigenvalue weighted by atomic mass is 32.1. The maximum atomic E-state index is 6.12. The highest BCUT2D eigenvalue weighted by Gasteiger charge is 2.49. The molecule has 2 fully saturated rings. The van der Waals surface area contributed by atoms with Gasteiger partial charge in [0.05, 0.1) is 30.1 Å². The summed E-state index contributed by atoms with van der Waals surface area (Å²) in [6.45, 7) is 7.04. The molecule has 2 atom stereocenters. The second kappa shape index (κ2) is 6.90. The van der Waals surface area contributed by atoms with Gasteiger partial charge in [-0.2, -0.15) is 0 Å².